The minimum atomic E-state index is 0.395. The molecule has 0 bridgehead atoms. The molecule has 0 aliphatic rings. The molecule has 0 saturated carbocycles. The number of methoxy groups -OCH3 is 1. The maximum absolute atomic E-state index is 5.28. The Kier molecular flexibility index (Phi) is 5.15. The van der Waals surface area contributed by atoms with Crippen molar-refractivity contribution in [3.63, 3.8) is 0 Å². The zero-order chi connectivity index (χ0) is 14.5. The Labute approximate surface area is 125 Å². The SMILES string of the molecule is CNC(Cc1cccc(OC)c1)Cc1nc(C)c(C)s1. The third-order valence-corrected chi connectivity index (χ3v) is 4.61. The highest BCUT2D eigenvalue weighted by atomic mass is 32.1. The molecule has 1 aromatic carbocycles. The van der Waals surface area contributed by atoms with E-state index in [1.54, 1.807) is 18.4 Å². The van der Waals surface area contributed by atoms with Crippen molar-refractivity contribution in [2.45, 2.75) is 32.7 Å². The summed E-state index contributed by atoms with van der Waals surface area (Å²) >= 11 is 1.80. The number of hydrogen-bond donors (Lipinski definition) is 1. The first-order valence-electron chi connectivity index (χ1n) is 6.85. The molecule has 4 heteroatoms. The second kappa shape index (κ2) is 6.86. The van der Waals surface area contributed by atoms with Gasteiger partial charge in [0.15, 0.2) is 0 Å². The molecule has 0 aliphatic carbocycles. The fourth-order valence-electron chi connectivity index (χ4n) is 2.20. The minimum absolute atomic E-state index is 0.395. The first-order chi connectivity index (χ1) is 9.62. The Morgan fingerprint density at radius 3 is 2.70 bits per heavy atom. The summed E-state index contributed by atoms with van der Waals surface area (Å²) in [6.07, 6.45) is 1.94. The topological polar surface area (TPSA) is 34.1 Å². The number of thiazole rings is 1. The highest BCUT2D eigenvalue weighted by molar-refractivity contribution is 7.11. The van der Waals surface area contributed by atoms with Gasteiger partial charge in [0, 0.05) is 17.3 Å². The number of nitrogens with zero attached hydrogens (tertiary/aromatic N) is 1. The first-order valence-corrected chi connectivity index (χ1v) is 7.67. The van der Waals surface area contributed by atoms with E-state index in [9.17, 15) is 0 Å². The van der Waals surface area contributed by atoms with E-state index < -0.39 is 0 Å². The van der Waals surface area contributed by atoms with Gasteiger partial charge in [0.1, 0.15) is 5.75 Å². The zero-order valence-electron chi connectivity index (χ0n) is 12.6. The van der Waals surface area contributed by atoms with Crippen LogP contribution in [-0.2, 0) is 12.8 Å². The van der Waals surface area contributed by atoms with Crippen LogP contribution >= 0.6 is 11.3 Å². The van der Waals surface area contributed by atoms with Crippen molar-refractivity contribution >= 4 is 11.3 Å². The van der Waals surface area contributed by atoms with E-state index in [1.165, 1.54) is 15.4 Å². The van der Waals surface area contributed by atoms with Gasteiger partial charge in [0.2, 0.25) is 0 Å². The maximum Gasteiger partial charge on any atom is 0.119 e. The van der Waals surface area contributed by atoms with Crippen LogP contribution in [0.3, 0.4) is 0 Å². The average Bonchev–Trinajstić information content (AvgIpc) is 2.76. The normalized spacial score (nSPS) is 12.4. The lowest BCUT2D eigenvalue weighted by Gasteiger charge is -2.15. The van der Waals surface area contributed by atoms with Crippen molar-refractivity contribution in [1.29, 1.82) is 0 Å². The molecule has 20 heavy (non-hydrogen) atoms. The van der Waals surface area contributed by atoms with Crippen molar-refractivity contribution in [2.24, 2.45) is 0 Å². The van der Waals surface area contributed by atoms with Gasteiger partial charge in [-0.1, -0.05) is 12.1 Å². The summed E-state index contributed by atoms with van der Waals surface area (Å²) in [5.74, 6) is 0.915. The fraction of sp³-hybridized carbons (Fsp3) is 0.438. The number of rotatable bonds is 6. The van der Waals surface area contributed by atoms with Crippen LogP contribution < -0.4 is 10.1 Å². The highest BCUT2D eigenvalue weighted by Gasteiger charge is 2.12. The van der Waals surface area contributed by atoms with Gasteiger partial charge in [0.25, 0.3) is 0 Å². The van der Waals surface area contributed by atoms with Crippen LogP contribution in [0.25, 0.3) is 0 Å². The molecule has 0 saturated heterocycles. The Morgan fingerprint density at radius 1 is 1.30 bits per heavy atom. The lowest BCUT2D eigenvalue weighted by molar-refractivity contribution is 0.414. The Hall–Kier alpha value is -1.39. The van der Waals surface area contributed by atoms with E-state index in [1.807, 2.05) is 19.2 Å². The second-order valence-electron chi connectivity index (χ2n) is 4.99. The predicted octanol–water partition coefficient (Wildman–Crippen LogP) is 3.14. The van der Waals surface area contributed by atoms with Gasteiger partial charge in [-0.25, -0.2) is 4.98 Å². The number of hydrogen-bond acceptors (Lipinski definition) is 4. The van der Waals surface area contributed by atoms with Gasteiger partial charge in [0.05, 0.1) is 17.8 Å². The highest BCUT2D eigenvalue weighted by Crippen LogP contribution is 2.20. The van der Waals surface area contributed by atoms with Crippen LogP contribution in [0.1, 0.15) is 21.1 Å². The third-order valence-electron chi connectivity index (χ3n) is 3.52. The molecule has 3 nitrogen and oxygen atoms in total. The molecular weight excluding hydrogens is 268 g/mol. The number of ether oxygens (including phenoxy) is 1. The summed E-state index contributed by atoms with van der Waals surface area (Å²) in [4.78, 5) is 5.94. The predicted molar refractivity (Wildman–Crippen MR) is 84.8 cm³/mol. The average molecular weight is 290 g/mol. The van der Waals surface area contributed by atoms with Crippen LogP contribution in [0.5, 0.6) is 5.75 Å². The van der Waals surface area contributed by atoms with Gasteiger partial charge in [-0.3, -0.25) is 0 Å². The summed E-state index contributed by atoms with van der Waals surface area (Å²) in [6.45, 7) is 4.21. The molecule has 0 fully saturated rings. The van der Waals surface area contributed by atoms with Gasteiger partial charge in [-0.15, -0.1) is 11.3 Å². The van der Waals surface area contributed by atoms with Crippen molar-refractivity contribution in [2.75, 3.05) is 14.2 Å². The molecule has 0 aliphatic heterocycles. The van der Waals surface area contributed by atoms with Gasteiger partial charge >= 0.3 is 0 Å². The largest absolute Gasteiger partial charge is 0.497 e. The summed E-state index contributed by atoms with van der Waals surface area (Å²) < 4.78 is 5.28. The third kappa shape index (κ3) is 3.81. The number of aromatic nitrogens is 1. The lowest BCUT2D eigenvalue weighted by atomic mass is 10.0. The fourth-order valence-corrected chi connectivity index (χ4v) is 3.21. The Morgan fingerprint density at radius 2 is 2.10 bits per heavy atom. The molecule has 0 radical (unpaired) electrons. The number of aryl methyl sites for hydroxylation is 2. The Bertz CT molecular complexity index is 546. The maximum atomic E-state index is 5.28. The van der Waals surface area contributed by atoms with Crippen LogP contribution in [0.15, 0.2) is 24.3 Å². The van der Waals surface area contributed by atoms with E-state index in [-0.39, 0.29) is 0 Å². The molecule has 1 atom stereocenters. The van der Waals surface area contributed by atoms with E-state index in [2.05, 4.69) is 36.3 Å². The zero-order valence-corrected chi connectivity index (χ0v) is 13.4. The van der Waals surface area contributed by atoms with E-state index >= 15 is 0 Å². The molecule has 1 unspecified atom stereocenters. The monoisotopic (exact) mass is 290 g/mol. The van der Waals surface area contributed by atoms with Gasteiger partial charge in [-0.05, 0) is 45.0 Å². The van der Waals surface area contributed by atoms with Gasteiger partial charge in [-0.2, -0.15) is 0 Å². The lowest BCUT2D eigenvalue weighted by Crippen LogP contribution is -2.29. The molecule has 2 aromatic rings. The number of nitrogens with one attached hydrogen (secondary N) is 1. The standard InChI is InChI=1S/C16H22N2OS/c1-11-12(2)20-16(18-11)10-14(17-3)8-13-6-5-7-15(9-13)19-4/h5-7,9,14,17H,8,10H2,1-4H3. The van der Waals surface area contributed by atoms with Crippen molar-refractivity contribution in [1.82, 2.24) is 10.3 Å². The Balaban J connectivity index is 2.04. The van der Waals surface area contributed by atoms with Crippen molar-refractivity contribution < 1.29 is 4.74 Å². The first kappa shape index (κ1) is 15.0. The summed E-state index contributed by atoms with van der Waals surface area (Å²) in [5.41, 5.74) is 2.44. The molecule has 1 N–H and O–H groups in total. The van der Waals surface area contributed by atoms with Gasteiger partial charge < -0.3 is 10.1 Å². The number of benzene rings is 1. The van der Waals surface area contributed by atoms with Crippen LogP contribution in [0.2, 0.25) is 0 Å². The molecule has 1 aromatic heterocycles. The smallest absolute Gasteiger partial charge is 0.119 e. The van der Waals surface area contributed by atoms with Crippen LogP contribution in [-0.4, -0.2) is 25.2 Å². The number of likely N-dealkylation sites (N-methyl/N-ethyl adjacent to an activating group) is 1. The molecule has 0 amide bonds. The van der Waals surface area contributed by atoms with Crippen molar-refractivity contribution in [3.8, 4) is 5.75 Å². The molecule has 0 spiro atoms. The quantitative estimate of drug-likeness (QED) is 0.887. The summed E-state index contributed by atoms with van der Waals surface area (Å²) in [7, 11) is 3.72. The molecular formula is C16H22N2OS. The van der Waals surface area contributed by atoms with E-state index in [4.69, 9.17) is 4.74 Å². The molecule has 2 rings (SSSR count). The van der Waals surface area contributed by atoms with Crippen molar-refractivity contribution in [3.05, 3.63) is 45.4 Å². The summed E-state index contributed by atoms with van der Waals surface area (Å²) in [5, 5.41) is 4.60. The minimum Gasteiger partial charge on any atom is -0.497 e. The molecule has 108 valence electrons. The van der Waals surface area contributed by atoms with E-state index in [0.717, 1.165) is 24.3 Å². The van der Waals surface area contributed by atoms with E-state index in [0.29, 0.717) is 6.04 Å². The van der Waals surface area contributed by atoms with Crippen LogP contribution in [0, 0.1) is 13.8 Å². The summed E-state index contributed by atoms with van der Waals surface area (Å²) in [6, 6.07) is 8.66. The van der Waals surface area contributed by atoms with Crippen LogP contribution in [0.4, 0.5) is 0 Å². The molecule has 1 heterocycles. The second-order valence-corrected chi connectivity index (χ2v) is 6.28.